The molecule has 0 radical (unpaired) electrons. The van der Waals surface area contributed by atoms with Crippen molar-refractivity contribution in [2.75, 3.05) is 6.61 Å². The maximum atomic E-state index is 11.6. The van der Waals surface area contributed by atoms with E-state index in [9.17, 15) is 9.59 Å². The molecule has 0 aliphatic heterocycles. The van der Waals surface area contributed by atoms with Crippen LogP contribution < -0.4 is 0 Å². The maximum Gasteiger partial charge on any atom is 0.330 e. The van der Waals surface area contributed by atoms with E-state index in [-0.39, 0.29) is 11.9 Å². The zero-order chi connectivity index (χ0) is 12.7. The third-order valence-corrected chi connectivity index (χ3v) is 2.93. The molecule has 0 aromatic heterocycles. The van der Waals surface area contributed by atoms with E-state index in [0.717, 1.165) is 24.8 Å². The van der Waals surface area contributed by atoms with Crippen LogP contribution in [-0.4, -0.2) is 18.4 Å². The number of ether oxygens (including phenoxy) is 1. The summed E-state index contributed by atoms with van der Waals surface area (Å²) in [5.74, 6) is 0.0775. The molecule has 0 saturated heterocycles. The zero-order valence-corrected chi connectivity index (χ0v) is 10.4. The highest BCUT2D eigenvalue weighted by Gasteiger charge is 2.21. The van der Waals surface area contributed by atoms with Crippen molar-refractivity contribution in [3.63, 3.8) is 0 Å². The van der Waals surface area contributed by atoms with Gasteiger partial charge in [-0.2, -0.15) is 0 Å². The van der Waals surface area contributed by atoms with Crippen LogP contribution in [0.15, 0.2) is 24.3 Å². The van der Waals surface area contributed by atoms with Gasteiger partial charge in [0.25, 0.3) is 0 Å². The molecule has 0 N–H and O–H groups in total. The van der Waals surface area contributed by atoms with Gasteiger partial charge in [-0.3, -0.25) is 4.79 Å². The average Bonchev–Trinajstić information content (AvgIpc) is 2.30. The Morgan fingerprint density at radius 3 is 2.88 bits per heavy atom. The molecule has 1 aliphatic rings. The predicted octanol–water partition coefficient (Wildman–Crippen LogP) is 2.81. The molecule has 1 unspecified atom stereocenters. The monoisotopic (exact) mass is 236 g/mol. The second-order valence-corrected chi connectivity index (χ2v) is 4.36. The van der Waals surface area contributed by atoms with Gasteiger partial charge in [0.1, 0.15) is 5.78 Å². The fourth-order valence-electron chi connectivity index (χ4n) is 2.03. The first-order chi connectivity index (χ1) is 8.13. The van der Waals surface area contributed by atoms with Crippen LogP contribution in [-0.2, 0) is 14.3 Å². The maximum absolute atomic E-state index is 11.6. The highest BCUT2D eigenvalue weighted by atomic mass is 16.5. The van der Waals surface area contributed by atoms with Gasteiger partial charge in [-0.05, 0) is 26.2 Å². The van der Waals surface area contributed by atoms with Gasteiger partial charge in [0.15, 0.2) is 0 Å². The van der Waals surface area contributed by atoms with Crippen LogP contribution in [0.25, 0.3) is 0 Å². The largest absolute Gasteiger partial charge is 0.463 e. The number of rotatable bonds is 5. The first-order valence-corrected chi connectivity index (χ1v) is 6.18. The smallest absolute Gasteiger partial charge is 0.330 e. The summed E-state index contributed by atoms with van der Waals surface area (Å²) in [5.41, 5.74) is 0.818. The van der Waals surface area contributed by atoms with E-state index in [2.05, 4.69) is 6.58 Å². The zero-order valence-electron chi connectivity index (χ0n) is 10.4. The number of allylic oxidation sites excluding steroid dienone is 2. The quantitative estimate of drug-likeness (QED) is 0.419. The van der Waals surface area contributed by atoms with E-state index in [1.807, 2.05) is 0 Å². The minimum Gasteiger partial charge on any atom is -0.463 e. The highest BCUT2D eigenvalue weighted by Crippen LogP contribution is 2.26. The van der Waals surface area contributed by atoms with E-state index in [1.54, 1.807) is 13.0 Å². The summed E-state index contributed by atoms with van der Waals surface area (Å²) >= 11 is 0. The first kappa shape index (κ1) is 13.7. The van der Waals surface area contributed by atoms with Crippen molar-refractivity contribution in [1.82, 2.24) is 0 Å². The molecule has 3 heteroatoms. The average molecular weight is 236 g/mol. The number of esters is 1. The molecule has 1 atom stereocenters. The van der Waals surface area contributed by atoms with Gasteiger partial charge in [0.05, 0.1) is 6.61 Å². The predicted molar refractivity (Wildman–Crippen MR) is 66.5 cm³/mol. The Labute approximate surface area is 103 Å². The van der Waals surface area contributed by atoms with Crippen molar-refractivity contribution in [2.45, 2.75) is 39.0 Å². The summed E-state index contributed by atoms with van der Waals surface area (Å²) < 4.78 is 4.77. The molecule has 0 aromatic carbocycles. The van der Waals surface area contributed by atoms with Crippen LogP contribution in [0.4, 0.5) is 0 Å². The van der Waals surface area contributed by atoms with Gasteiger partial charge < -0.3 is 4.74 Å². The van der Waals surface area contributed by atoms with Crippen LogP contribution in [0.5, 0.6) is 0 Å². The lowest BCUT2D eigenvalue weighted by Crippen LogP contribution is -2.19. The van der Waals surface area contributed by atoms with Crippen LogP contribution >= 0.6 is 0 Å². The molecular weight excluding hydrogens is 216 g/mol. The van der Waals surface area contributed by atoms with E-state index in [1.165, 1.54) is 6.08 Å². The summed E-state index contributed by atoms with van der Waals surface area (Å²) in [7, 11) is 0. The van der Waals surface area contributed by atoms with Crippen LogP contribution in [0.1, 0.15) is 39.0 Å². The standard InChI is InChI=1S/C14H20O3/c1-3-17-14(16)9-8-11(2)10-12-6-4-5-7-13(12)15/h8-9,12H,2-7,10H2,1H3/b9-8+. The van der Waals surface area contributed by atoms with Gasteiger partial charge in [-0.15, -0.1) is 0 Å². The fraction of sp³-hybridized carbons (Fsp3) is 0.571. The van der Waals surface area contributed by atoms with Gasteiger partial charge in [-0.25, -0.2) is 4.79 Å². The number of hydrogen-bond acceptors (Lipinski definition) is 3. The summed E-state index contributed by atoms with van der Waals surface area (Å²) in [6.45, 7) is 6.01. The normalized spacial score (nSPS) is 20.5. The summed E-state index contributed by atoms with van der Waals surface area (Å²) in [6, 6.07) is 0. The number of hydrogen-bond donors (Lipinski definition) is 0. The molecule has 3 nitrogen and oxygen atoms in total. The molecule has 0 spiro atoms. The molecule has 1 saturated carbocycles. The molecule has 1 aliphatic carbocycles. The summed E-state index contributed by atoms with van der Waals surface area (Å²) in [6.07, 6.45) is 7.46. The molecule has 17 heavy (non-hydrogen) atoms. The number of Topliss-reactive ketones (excluding diaryl/α,β-unsaturated/α-hetero) is 1. The fourth-order valence-corrected chi connectivity index (χ4v) is 2.03. The van der Waals surface area contributed by atoms with E-state index in [0.29, 0.717) is 25.2 Å². The summed E-state index contributed by atoms with van der Waals surface area (Å²) in [4.78, 5) is 22.7. The van der Waals surface area contributed by atoms with Gasteiger partial charge in [0, 0.05) is 18.4 Å². The number of ketones is 1. The lowest BCUT2D eigenvalue weighted by molar-refractivity contribution is -0.137. The van der Waals surface area contributed by atoms with E-state index >= 15 is 0 Å². The molecule has 0 heterocycles. The molecule has 0 aromatic rings. The SMILES string of the molecule is C=C(/C=C/C(=O)OCC)CC1CCCCC1=O. The first-order valence-electron chi connectivity index (χ1n) is 6.18. The van der Waals surface area contributed by atoms with E-state index < -0.39 is 0 Å². The molecule has 1 rings (SSSR count). The Bertz CT molecular complexity index is 328. The van der Waals surface area contributed by atoms with Crippen molar-refractivity contribution in [3.05, 3.63) is 24.3 Å². The molecular formula is C14H20O3. The Hall–Kier alpha value is -1.38. The number of carbonyl (C=O) groups is 2. The minimum absolute atomic E-state index is 0.100. The lowest BCUT2D eigenvalue weighted by Gasteiger charge is -2.20. The second kappa shape index (κ2) is 7.05. The Morgan fingerprint density at radius 2 is 2.24 bits per heavy atom. The van der Waals surface area contributed by atoms with Crippen LogP contribution in [0.2, 0.25) is 0 Å². The third kappa shape index (κ3) is 4.98. The topological polar surface area (TPSA) is 43.4 Å². The van der Waals surface area contributed by atoms with Crippen molar-refractivity contribution in [1.29, 1.82) is 0 Å². The van der Waals surface area contributed by atoms with Gasteiger partial charge >= 0.3 is 5.97 Å². The minimum atomic E-state index is -0.358. The van der Waals surface area contributed by atoms with Gasteiger partial charge in [0.2, 0.25) is 0 Å². The lowest BCUT2D eigenvalue weighted by atomic mass is 9.84. The molecule has 94 valence electrons. The Morgan fingerprint density at radius 1 is 1.47 bits per heavy atom. The third-order valence-electron chi connectivity index (χ3n) is 2.93. The van der Waals surface area contributed by atoms with Crippen LogP contribution in [0, 0.1) is 5.92 Å². The second-order valence-electron chi connectivity index (χ2n) is 4.36. The highest BCUT2D eigenvalue weighted by molar-refractivity contribution is 5.83. The van der Waals surface area contributed by atoms with Gasteiger partial charge in [-0.1, -0.05) is 24.6 Å². The Kier molecular flexibility index (Phi) is 5.67. The molecule has 1 fully saturated rings. The number of carbonyl (C=O) groups excluding carboxylic acids is 2. The van der Waals surface area contributed by atoms with Crippen molar-refractivity contribution in [2.24, 2.45) is 5.92 Å². The Balaban J connectivity index is 2.38. The van der Waals surface area contributed by atoms with Crippen LogP contribution in [0.3, 0.4) is 0 Å². The molecule has 0 bridgehead atoms. The summed E-state index contributed by atoms with van der Waals surface area (Å²) in [5, 5.41) is 0. The van der Waals surface area contributed by atoms with Crippen molar-refractivity contribution in [3.8, 4) is 0 Å². The van der Waals surface area contributed by atoms with E-state index in [4.69, 9.17) is 4.74 Å². The molecule has 0 amide bonds. The van der Waals surface area contributed by atoms with Crippen molar-refractivity contribution >= 4 is 11.8 Å². The van der Waals surface area contributed by atoms with Crippen molar-refractivity contribution < 1.29 is 14.3 Å².